The zero-order valence-electron chi connectivity index (χ0n) is 19.8. The fourth-order valence-corrected chi connectivity index (χ4v) is 4.84. The molecule has 1 aromatic carbocycles. The van der Waals surface area contributed by atoms with Gasteiger partial charge in [0, 0.05) is 42.5 Å². The Labute approximate surface area is 205 Å². The number of H-pyrrole nitrogens is 1. The number of carbonyl (C=O) groups is 2. The molecule has 1 saturated heterocycles. The second-order valence-corrected chi connectivity index (χ2v) is 9.28. The Balaban J connectivity index is 0.000000967. The Morgan fingerprint density at radius 3 is 2.58 bits per heavy atom. The molecular formula is C25H27F3N4O4. The first-order valence-corrected chi connectivity index (χ1v) is 11.5. The molecule has 4 heterocycles. The van der Waals surface area contributed by atoms with Crippen molar-refractivity contribution in [2.45, 2.75) is 57.6 Å². The maximum absolute atomic E-state index is 13.3. The van der Waals surface area contributed by atoms with Gasteiger partial charge in [0.05, 0.1) is 0 Å². The predicted octanol–water partition coefficient (Wildman–Crippen LogP) is 3.82. The normalized spacial score (nSPS) is 18.9. The first kappa shape index (κ1) is 25.6. The van der Waals surface area contributed by atoms with E-state index in [4.69, 9.17) is 9.90 Å². The molecule has 8 nitrogen and oxygen atoms in total. The SMILES string of the molecule is Cc1c[nH]c2ncc(-c3cc4c(c([C@@H]5CCCN5)c3)CN(C(=O)[C@@](C)(O)C(F)(F)F)C4)cc12.O=CO. The van der Waals surface area contributed by atoms with Crippen molar-refractivity contribution < 1.29 is 33.0 Å². The molecule has 2 aromatic heterocycles. The summed E-state index contributed by atoms with van der Waals surface area (Å²) in [6, 6.07) is 6.10. The van der Waals surface area contributed by atoms with E-state index in [9.17, 15) is 23.1 Å². The van der Waals surface area contributed by atoms with Crippen LogP contribution in [0.5, 0.6) is 0 Å². The molecule has 0 unspecified atom stereocenters. The first-order chi connectivity index (χ1) is 17.0. The van der Waals surface area contributed by atoms with Crippen molar-refractivity contribution in [3.63, 3.8) is 0 Å². The van der Waals surface area contributed by atoms with Crippen molar-refractivity contribution in [1.29, 1.82) is 0 Å². The van der Waals surface area contributed by atoms with Crippen LogP contribution in [0.15, 0.2) is 30.6 Å². The lowest BCUT2D eigenvalue weighted by Gasteiger charge is -2.29. The smallest absolute Gasteiger partial charge is 0.426 e. The standard InChI is InChI=1S/C24H25F3N4O2.CH2O2/c1-13-9-29-21-17(13)8-15(10-30-21)14-6-16-11-31(22(32)23(2,33)24(25,26)27)12-19(16)18(7-14)20-4-3-5-28-20;2-1-3/h6-10,20,28,33H,3-5,11-12H2,1-2H3,(H,29,30);1H,(H,2,3)/t20-,23+;/m0./s1. The molecule has 0 spiro atoms. The first-order valence-electron chi connectivity index (χ1n) is 11.5. The minimum absolute atomic E-state index is 0.0206. The molecule has 2 atom stereocenters. The maximum atomic E-state index is 13.3. The summed E-state index contributed by atoms with van der Waals surface area (Å²) in [5.74, 6) is -1.33. The lowest BCUT2D eigenvalue weighted by atomic mass is 9.91. The van der Waals surface area contributed by atoms with Crippen LogP contribution in [0.1, 0.15) is 48.1 Å². The van der Waals surface area contributed by atoms with Crippen LogP contribution in [0.4, 0.5) is 13.2 Å². The van der Waals surface area contributed by atoms with Crippen LogP contribution in [0.2, 0.25) is 0 Å². The van der Waals surface area contributed by atoms with E-state index in [1.807, 2.05) is 25.3 Å². The number of alkyl halides is 3. The number of nitrogens with zero attached hydrogens (tertiary/aromatic N) is 2. The molecule has 192 valence electrons. The summed E-state index contributed by atoms with van der Waals surface area (Å²) < 4.78 is 39.9. The average molecular weight is 505 g/mol. The number of benzene rings is 1. The van der Waals surface area contributed by atoms with E-state index < -0.39 is 17.7 Å². The molecule has 0 aliphatic carbocycles. The van der Waals surface area contributed by atoms with E-state index in [1.54, 1.807) is 6.20 Å². The second kappa shape index (κ2) is 9.55. The lowest BCUT2D eigenvalue weighted by molar-refractivity contribution is -0.250. The predicted molar refractivity (Wildman–Crippen MR) is 126 cm³/mol. The molecule has 0 saturated carbocycles. The molecule has 11 heteroatoms. The Morgan fingerprint density at radius 1 is 1.22 bits per heavy atom. The number of carboxylic acid groups (broad SMARTS) is 1. The maximum Gasteiger partial charge on any atom is 0.426 e. The summed E-state index contributed by atoms with van der Waals surface area (Å²) >= 11 is 0. The highest BCUT2D eigenvalue weighted by Gasteiger charge is 2.57. The van der Waals surface area contributed by atoms with Gasteiger partial charge in [0.1, 0.15) is 5.65 Å². The van der Waals surface area contributed by atoms with E-state index in [1.165, 1.54) is 0 Å². The van der Waals surface area contributed by atoms with Crippen molar-refractivity contribution in [3.05, 3.63) is 52.8 Å². The monoisotopic (exact) mass is 504 g/mol. The minimum Gasteiger partial charge on any atom is -0.483 e. The van der Waals surface area contributed by atoms with E-state index in [-0.39, 0.29) is 25.6 Å². The number of pyridine rings is 1. The molecule has 0 radical (unpaired) electrons. The van der Waals surface area contributed by atoms with E-state index in [0.717, 1.165) is 68.7 Å². The Morgan fingerprint density at radius 2 is 1.94 bits per heavy atom. The summed E-state index contributed by atoms with van der Waals surface area (Å²) in [5, 5.41) is 21.3. The number of halogens is 3. The van der Waals surface area contributed by atoms with Crippen molar-refractivity contribution in [3.8, 4) is 11.1 Å². The molecular weight excluding hydrogens is 477 g/mol. The Bertz CT molecular complexity index is 1300. The molecule has 0 bridgehead atoms. The van der Waals surface area contributed by atoms with Crippen molar-refractivity contribution in [2.75, 3.05) is 6.54 Å². The summed E-state index contributed by atoms with van der Waals surface area (Å²) in [6.45, 7) is 3.19. The third kappa shape index (κ3) is 4.56. The highest BCUT2D eigenvalue weighted by molar-refractivity contribution is 5.87. The van der Waals surface area contributed by atoms with Gasteiger partial charge in [0.15, 0.2) is 0 Å². The highest BCUT2D eigenvalue weighted by atomic mass is 19.4. The van der Waals surface area contributed by atoms with Gasteiger partial charge >= 0.3 is 6.18 Å². The van der Waals surface area contributed by atoms with Crippen LogP contribution >= 0.6 is 0 Å². The third-order valence-corrected chi connectivity index (χ3v) is 6.85. The number of aromatic amines is 1. The van der Waals surface area contributed by atoms with Gasteiger partial charge in [0.2, 0.25) is 5.60 Å². The average Bonchev–Trinajstić information content (AvgIpc) is 3.57. The van der Waals surface area contributed by atoms with Gasteiger partial charge in [-0.25, -0.2) is 4.98 Å². The molecule has 1 fully saturated rings. The van der Waals surface area contributed by atoms with Gasteiger partial charge in [-0.2, -0.15) is 13.2 Å². The van der Waals surface area contributed by atoms with Crippen LogP contribution in [-0.2, 0) is 22.7 Å². The third-order valence-electron chi connectivity index (χ3n) is 6.85. The largest absolute Gasteiger partial charge is 0.483 e. The summed E-state index contributed by atoms with van der Waals surface area (Å²) in [4.78, 5) is 29.7. The van der Waals surface area contributed by atoms with Crippen molar-refractivity contribution >= 4 is 23.4 Å². The fraction of sp³-hybridized carbons (Fsp3) is 0.400. The van der Waals surface area contributed by atoms with Crippen LogP contribution < -0.4 is 5.32 Å². The molecule has 2 aliphatic heterocycles. The van der Waals surface area contributed by atoms with Gasteiger partial charge in [-0.3, -0.25) is 9.59 Å². The fourth-order valence-electron chi connectivity index (χ4n) is 4.84. The number of rotatable bonds is 3. The summed E-state index contributed by atoms with van der Waals surface area (Å²) in [7, 11) is 0. The molecule has 5 rings (SSSR count). The number of aryl methyl sites for hydroxylation is 1. The minimum atomic E-state index is -5.05. The van der Waals surface area contributed by atoms with Gasteiger partial charge < -0.3 is 25.4 Å². The molecule has 2 aliphatic rings. The quantitative estimate of drug-likeness (QED) is 0.403. The van der Waals surface area contributed by atoms with Gasteiger partial charge in [-0.1, -0.05) is 0 Å². The summed E-state index contributed by atoms with van der Waals surface area (Å²) in [6.07, 6.45) is 0.547. The van der Waals surface area contributed by atoms with E-state index in [0.29, 0.717) is 6.92 Å². The van der Waals surface area contributed by atoms with Gasteiger partial charge in [0.25, 0.3) is 12.4 Å². The topological polar surface area (TPSA) is 119 Å². The Hall–Kier alpha value is -3.44. The zero-order chi connectivity index (χ0) is 26.3. The van der Waals surface area contributed by atoms with Crippen LogP contribution in [-0.4, -0.2) is 55.8 Å². The number of fused-ring (bicyclic) bond motifs is 2. The van der Waals surface area contributed by atoms with Crippen LogP contribution in [0.25, 0.3) is 22.2 Å². The number of aliphatic hydroxyl groups is 1. The van der Waals surface area contributed by atoms with Crippen LogP contribution in [0.3, 0.4) is 0 Å². The number of hydrogen-bond donors (Lipinski definition) is 4. The highest BCUT2D eigenvalue weighted by Crippen LogP contribution is 2.40. The van der Waals surface area contributed by atoms with Crippen LogP contribution in [0, 0.1) is 6.92 Å². The number of carbonyl (C=O) groups excluding carboxylic acids is 1. The number of amides is 1. The molecule has 3 aromatic rings. The van der Waals surface area contributed by atoms with Gasteiger partial charge in [-0.05, 0) is 79.3 Å². The number of aromatic nitrogens is 2. The molecule has 1 amide bonds. The number of hydrogen-bond acceptors (Lipinski definition) is 5. The zero-order valence-corrected chi connectivity index (χ0v) is 19.8. The second-order valence-electron chi connectivity index (χ2n) is 9.28. The Kier molecular flexibility index (Phi) is 6.80. The van der Waals surface area contributed by atoms with Crippen molar-refractivity contribution in [1.82, 2.24) is 20.2 Å². The van der Waals surface area contributed by atoms with E-state index in [2.05, 4.69) is 21.4 Å². The van der Waals surface area contributed by atoms with E-state index >= 15 is 0 Å². The molecule has 36 heavy (non-hydrogen) atoms. The molecule has 4 N–H and O–H groups in total. The lowest BCUT2D eigenvalue weighted by Crippen LogP contribution is -2.54. The summed E-state index contributed by atoms with van der Waals surface area (Å²) in [5.41, 5.74) is 2.90. The van der Waals surface area contributed by atoms with Crippen molar-refractivity contribution in [2.24, 2.45) is 0 Å². The number of nitrogens with one attached hydrogen (secondary N) is 2. The van der Waals surface area contributed by atoms with Gasteiger partial charge in [-0.15, -0.1) is 0 Å².